The van der Waals surface area contributed by atoms with Crippen molar-refractivity contribution < 1.29 is 29.0 Å². The van der Waals surface area contributed by atoms with E-state index in [2.05, 4.69) is 50.8 Å². The van der Waals surface area contributed by atoms with E-state index in [0.29, 0.717) is 60.6 Å². The third-order valence-corrected chi connectivity index (χ3v) is 11.0. The van der Waals surface area contributed by atoms with Crippen LogP contribution in [0.1, 0.15) is 97.3 Å². The number of ether oxygens (including phenoxy) is 2. The topological polar surface area (TPSA) is 110 Å². The van der Waals surface area contributed by atoms with Gasteiger partial charge in [0.25, 0.3) is 0 Å². The lowest BCUT2D eigenvalue weighted by atomic mass is 9.84. The van der Waals surface area contributed by atoms with Crippen LogP contribution in [0.4, 0.5) is 0 Å². The average molecular weight is 744 g/mol. The van der Waals surface area contributed by atoms with Crippen molar-refractivity contribution in [1.82, 2.24) is 4.90 Å². The molecule has 0 spiro atoms. The SMILES string of the molecule is C=CC(CC/C=C/CC)CC(C/C=C\CC)CCC1CC(=O)N(CCCCCC(=O)OCC(O)COc2cccc3sc4ccccc4c(=O)c23)C1=O. The van der Waals surface area contributed by atoms with E-state index < -0.39 is 12.1 Å². The molecule has 53 heavy (non-hydrogen) atoms. The first kappa shape index (κ1) is 41.7. The maximum atomic E-state index is 13.2. The zero-order chi connectivity index (χ0) is 38.0. The zero-order valence-electron chi connectivity index (χ0n) is 31.5. The Morgan fingerprint density at radius 2 is 1.74 bits per heavy atom. The Balaban J connectivity index is 1.14. The van der Waals surface area contributed by atoms with Gasteiger partial charge in [-0.1, -0.05) is 68.8 Å². The van der Waals surface area contributed by atoms with E-state index >= 15 is 0 Å². The van der Waals surface area contributed by atoms with Crippen LogP contribution in [0, 0.1) is 17.8 Å². The molecule has 1 aliphatic heterocycles. The van der Waals surface area contributed by atoms with Crippen molar-refractivity contribution in [1.29, 1.82) is 0 Å². The van der Waals surface area contributed by atoms with E-state index in [1.165, 1.54) is 16.2 Å². The quantitative estimate of drug-likeness (QED) is 0.0320. The summed E-state index contributed by atoms with van der Waals surface area (Å²) < 4.78 is 12.8. The fraction of sp³-hybridized carbons (Fsp3) is 0.500. The number of hydrogen-bond acceptors (Lipinski definition) is 8. The summed E-state index contributed by atoms with van der Waals surface area (Å²) in [5, 5.41) is 11.5. The number of fused-ring (bicyclic) bond motifs is 2. The number of aliphatic hydroxyl groups is 1. The Hall–Kier alpha value is -4.08. The van der Waals surface area contributed by atoms with Crippen molar-refractivity contribution in [3.8, 4) is 5.75 Å². The number of carbonyl (C=O) groups excluding carboxylic acids is 3. The molecule has 0 bridgehead atoms. The molecule has 1 fully saturated rings. The van der Waals surface area contributed by atoms with E-state index in [0.717, 1.165) is 54.3 Å². The Labute approximate surface area is 318 Å². The number of amides is 2. The first-order chi connectivity index (χ1) is 25.7. The van der Waals surface area contributed by atoms with E-state index in [1.54, 1.807) is 18.2 Å². The summed E-state index contributed by atoms with van der Waals surface area (Å²) in [5.41, 5.74) is -0.122. The van der Waals surface area contributed by atoms with Crippen molar-refractivity contribution >= 4 is 49.3 Å². The summed E-state index contributed by atoms with van der Waals surface area (Å²) in [7, 11) is 0. The summed E-state index contributed by atoms with van der Waals surface area (Å²) in [6.07, 6.45) is 20.0. The molecule has 9 heteroatoms. The first-order valence-corrected chi connectivity index (χ1v) is 20.2. The number of likely N-dealkylation sites (tertiary alicyclic amines) is 1. The Kier molecular flexibility index (Phi) is 17.5. The number of benzene rings is 2. The minimum absolute atomic E-state index is 0.0672. The number of rotatable bonds is 24. The summed E-state index contributed by atoms with van der Waals surface area (Å²) in [6, 6.07) is 12.8. The van der Waals surface area contributed by atoms with Crippen molar-refractivity contribution in [3.63, 3.8) is 0 Å². The molecule has 0 saturated carbocycles. The van der Waals surface area contributed by atoms with Crippen LogP contribution < -0.4 is 10.2 Å². The maximum Gasteiger partial charge on any atom is 0.305 e. The van der Waals surface area contributed by atoms with Crippen LogP contribution in [0.3, 0.4) is 0 Å². The first-order valence-electron chi connectivity index (χ1n) is 19.4. The summed E-state index contributed by atoms with van der Waals surface area (Å²) in [4.78, 5) is 52.9. The molecule has 1 saturated heterocycles. The smallest absolute Gasteiger partial charge is 0.305 e. The molecule has 2 aromatic carbocycles. The molecular weight excluding hydrogens is 687 g/mol. The maximum absolute atomic E-state index is 13.2. The molecule has 4 rings (SSSR count). The minimum Gasteiger partial charge on any atom is -0.490 e. The normalized spacial score (nSPS) is 16.6. The van der Waals surface area contributed by atoms with Gasteiger partial charge in [-0.25, -0.2) is 0 Å². The highest BCUT2D eigenvalue weighted by Crippen LogP contribution is 2.32. The number of hydrogen-bond donors (Lipinski definition) is 1. The highest BCUT2D eigenvalue weighted by Gasteiger charge is 2.38. The standard InChI is InChI=1S/C44H57NO7S/c1-4-7-9-12-18-32(6-3)28-33(19-11-8-5-2)25-26-34-29-40(47)45(44(34)50)27-16-10-13-24-41(48)52-31-35(46)30-51-37-21-17-23-39-42(37)43(49)36-20-14-15-22-38(36)53-39/h6-9,11,14-15,17,20-23,32-35,46H,3-5,10,12-13,16,18-19,24-31H2,1-2H3/b9-7+,11-8-. The molecule has 4 atom stereocenters. The van der Waals surface area contributed by atoms with Crippen molar-refractivity contribution in [2.75, 3.05) is 19.8 Å². The molecule has 4 unspecified atom stereocenters. The minimum atomic E-state index is -1.06. The molecule has 1 aromatic heterocycles. The molecule has 8 nitrogen and oxygen atoms in total. The van der Waals surface area contributed by atoms with Gasteiger partial charge in [-0.2, -0.15) is 0 Å². The van der Waals surface area contributed by atoms with Gasteiger partial charge in [0, 0.05) is 40.1 Å². The van der Waals surface area contributed by atoms with E-state index in [4.69, 9.17) is 9.47 Å². The second kappa shape index (κ2) is 22.2. The van der Waals surface area contributed by atoms with E-state index in [9.17, 15) is 24.3 Å². The average Bonchev–Trinajstić information content (AvgIpc) is 3.43. The van der Waals surface area contributed by atoms with E-state index in [-0.39, 0.29) is 49.2 Å². The Morgan fingerprint density at radius 1 is 0.962 bits per heavy atom. The number of aliphatic hydroxyl groups excluding tert-OH is 1. The van der Waals surface area contributed by atoms with Crippen LogP contribution in [0.5, 0.6) is 5.75 Å². The molecule has 2 heterocycles. The largest absolute Gasteiger partial charge is 0.490 e. The van der Waals surface area contributed by atoms with Crippen LogP contribution in [0.2, 0.25) is 0 Å². The van der Waals surface area contributed by atoms with Gasteiger partial charge in [-0.3, -0.25) is 24.1 Å². The molecule has 0 aliphatic carbocycles. The van der Waals surface area contributed by atoms with Gasteiger partial charge in [0.2, 0.25) is 11.8 Å². The molecule has 286 valence electrons. The number of carbonyl (C=O) groups is 3. The van der Waals surface area contributed by atoms with Gasteiger partial charge in [0.1, 0.15) is 25.1 Å². The highest BCUT2D eigenvalue weighted by molar-refractivity contribution is 7.24. The van der Waals surface area contributed by atoms with Crippen molar-refractivity contribution in [2.45, 2.75) is 103 Å². The summed E-state index contributed by atoms with van der Waals surface area (Å²) >= 11 is 1.50. The Morgan fingerprint density at radius 3 is 2.53 bits per heavy atom. The van der Waals surface area contributed by atoms with Gasteiger partial charge >= 0.3 is 5.97 Å². The lowest BCUT2D eigenvalue weighted by Crippen LogP contribution is -2.31. The number of esters is 1. The number of unbranched alkanes of at least 4 members (excludes halogenated alkanes) is 2. The summed E-state index contributed by atoms with van der Waals surface area (Å²) in [5.74, 6) is 0.395. The Bertz CT molecular complexity index is 1780. The van der Waals surface area contributed by atoms with Gasteiger partial charge in [0.05, 0.1) is 5.39 Å². The fourth-order valence-corrected chi connectivity index (χ4v) is 8.04. The second-order valence-corrected chi connectivity index (χ2v) is 15.1. The number of allylic oxidation sites excluding steroid dienone is 5. The molecule has 3 aromatic rings. The van der Waals surface area contributed by atoms with Crippen LogP contribution in [0.15, 0.2) is 84.2 Å². The second-order valence-electron chi connectivity index (χ2n) is 14.0. The highest BCUT2D eigenvalue weighted by atomic mass is 32.1. The predicted molar refractivity (Wildman–Crippen MR) is 215 cm³/mol. The number of nitrogens with zero attached hydrogens (tertiary/aromatic N) is 1. The molecule has 1 aliphatic rings. The molecule has 2 amide bonds. The third kappa shape index (κ3) is 12.8. The van der Waals surface area contributed by atoms with Gasteiger partial charge in [-0.15, -0.1) is 17.9 Å². The molecule has 1 N–H and O–H groups in total. The summed E-state index contributed by atoms with van der Waals surface area (Å²) in [6.45, 7) is 8.36. The zero-order valence-corrected chi connectivity index (χ0v) is 32.3. The van der Waals surface area contributed by atoms with Crippen molar-refractivity contribution in [3.05, 3.63) is 89.6 Å². The van der Waals surface area contributed by atoms with Crippen molar-refractivity contribution in [2.24, 2.45) is 17.8 Å². The van der Waals surface area contributed by atoms with Crippen LogP contribution >= 0.6 is 11.3 Å². The van der Waals surface area contributed by atoms with Crippen LogP contribution in [-0.4, -0.2) is 53.7 Å². The van der Waals surface area contributed by atoms with E-state index in [1.807, 2.05) is 24.3 Å². The van der Waals surface area contributed by atoms with Crippen LogP contribution in [-0.2, 0) is 19.1 Å². The van der Waals surface area contributed by atoms with Gasteiger partial charge < -0.3 is 14.6 Å². The van der Waals surface area contributed by atoms with Crippen LogP contribution in [0.25, 0.3) is 20.2 Å². The lowest BCUT2D eigenvalue weighted by Gasteiger charge is -2.21. The molecule has 0 radical (unpaired) electrons. The predicted octanol–water partition coefficient (Wildman–Crippen LogP) is 9.32. The van der Waals surface area contributed by atoms with Gasteiger partial charge in [-0.05, 0) is 100 Å². The third-order valence-electron chi connectivity index (χ3n) is 9.91. The van der Waals surface area contributed by atoms with Gasteiger partial charge in [0.15, 0.2) is 5.43 Å². The lowest BCUT2D eigenvalue weighted by molar-refractivity contribution is -0.147. The fourth-order valence-electron chi connectivity index (χ4n) is 6.94. The monoisotopic (exact) mass is 743 g/mol. The number of imide groups is 1. The molecular formula is C44H57NO7S.